The lowest BCUT2D eigenvalue weighted by Crippen LogP contribution is -2.53. The van der Waals surface area contributed by atoms with Crippen LogP contribution in [0.4, 0.5) is 5.69 Å². The number of nitrogens with zero attached hydrogens (tertiary/aromatic N) is 1. The smallest absolute Gasteiger partial charge is 0.226 e. The van der Waals surface area contributed by atoms with Crippen molar-refractivity contribution in [1.29, 1.82) is 0 Å². The molecule has 20 heavy (non-hydrogen) atoms. The van der Waals surface area contributed by atoms with E-state index in [9.17, 15) is 9.90 Å². The normalized spacial score (nSPS) is 26.2. The van der Waals surface area contributed by atoms with Gasteiger partial charge in [0.2, 0.25) is 5.91 Å². The molecule has 1 amide bonds. The van der Waals surface area contributed by atoms with Crippen molar-refractivity contribution >= 4 is 11.6 Å². The second-order valence-corrected chi connectivity index (χ2v) is 5.93. The molecule has 1 aromatic heterocycles. The number of carbonyl (C=O) groups is 1. The van der Waals surface area contributed by atoms with E-state index in [2.05, 4.69) is 17.2 Å². The minimum atomic E-state index is -0.447. The van der Waals surface area contributed by atoms with Gasteiger partial charge in [0, 0.05) is 5.69 Å². The largest absolute Gasteiger partial charge is 0.397 e. The van der Waals surface area contributed by atoms with Crippen molar-refractivity contribution in [2.45, 2.75) is 44.6 Å². The third-order valence-corrected chi connectivity index (χ3v) is 4.13. The van der Waals surface area contributed by atoms with Gasteiger partial charge in [-0.15, -0.1) is 0 Å². The van der Waals surface area contributed by atoms with Crippen molar-refractivity contribution in [1.82, 2.24) is 10.3 Å². The maximum atomic E-state index is 12.1. The lowest BCUT2D eigenvalue weighted by Gasteiger charge is -2.38. The number of aliphatic hydroxyl groups is 1. The van der Waals surface area contributed by atoms with Crippen LogP contribution in [0.5, 0.6) is 0 Å². The first kappa shape index (κ1) is 14.8. The molecule has 5 heteroatoms. The van der Waals surface area contributed by atoms with Crippen LogP contribution in [0.25, 0.3) is 0 Å². The maximum Gasteiger partial charge on any atom is 0.226 e. The first-order valence-electron chi connectivity index (χ1n) is 7.15. The fraction of sp³-hybridized carbons (Fsp3) is 0.600. The lowest BCUT2D eigenvalue weighted by molar-refractivity contribution is -0.123. The minimum absolute atomic E-state index is 0.000621. The van der Waals surface area contributed by atoms with Crippen LogP contribution in [0.15, 0.2) is 18.3 Å². The Kier molecular flexibility index (Phi) is 4.60. The summed E-state index contributed by atoms with van der Waals surface area (Å²) < 4.78 is 0. The van der Waals surface area contributed by atoms with Gasteiger partial charge >= 0.3 is 0 Å². The van der Waals surface area contributed by atoms with Gasteiger partial charge in [0.05, 0.1) is 30.5 Å². The Hall–Kier alpha value is -1.62. The third-order valence-electron chi connectivity index (χ3n) is 4.13. The highest BCUT2D eigenvalue weighted by Gasteiger charge is 2.34. The van der Waals surface area contributed by atoms with E-state index in [-0.39, 0.29) is 18.9 Å². The molecule has 0 saturated heterocycles. The molecule has 0 unspecified atom stereocenters. The zero-order valence-electron chi connectivity index (χ0n) is 11.9. The molecular weight excluding hydrogens is 254 g/mol. The van der Waals surface area contributed by atoms with E-state index in [1.807, 2.05) is 0 Å². The molecule has 0 spiro atoms. The molecule has 2 rings (SSSR count). The molecule has 1 fully saturated rings. The van der Waals surface area contributed by atoms with Gasteiger partial charge in [-0.3, -0.25) is 9.78 Å². The Morgan fingerprint density at radius 3 is 2.75 bits per heavy atom. The summed E-state index contributed by atoms with van der Waals surface area (Å²) in [7, 11) is 0. The first-order valence-corrected chi connectivity index (χ1v) is 7.15. The molecule has 1 aliphatic rings. The number of anilines is 1. The molecule has 1 aromatic rings. The fourth-order valence-corrected chi connectivity index (χ4v) is 2.68. The highest BCUT2D eigenvalue weighted by atomic mass is 16.3. The van der Waals surface area contributed by atoms with E-state index in [4.69, 9.17) is 5.73 Å². The number of nitrogen functional groups attached to an aromatic ring is 1. The van der Waals surface area contributed by atoms with E-state index in [0.29, 0.717) is 17.3 Å². The van der Waals surface area contributed by atoms with Gasteiger partial charge in [0.15, 0.2) is 0 Å². The maximum absolute atomic E-state index is 12.1. The van der Waals surface area contributed by atoms with Crippen LogP contribution in [0, 0.1) is 5.92 Å². The number of amides is 1. The predicted octanol–water partition coefficient (Wildman–Crippen LogP) is 1.26. The number of carbonyl (C=O) groups excluding carboxylic acids is 1. The number of aliphatic hydroxyl groups excluding tert-OH is 1. The molecular formula is C15H23N3O2. The van der Waals surface area contributed by atoms with E-state index < -0.39 is 5.54 Å². The van der Waals surface area contributed by atoms with Gasteiger partial charge < -0.3 is 16.2 Å². The SMILES string of the molecule is CC1CCC(CO)(NC(=O)Cc2ccc(N)cn2)CC1. The van der Waals surface area contributed by atoms with Crippen molar-refractivity contribution < 1.29 is 9.90 Å². The molecule has 1 heterocycles. The van der Waals surface area contributed by atoms with E-state index in [0.717, 1.165) is 25.7 Å². The van der Waals surface area contributed by atoms with Gasteiger partial charge in [-0.25, -0.2) is 0 Å². The summed E-state index contributed by atoms with van der Waals surface area (Å²) in [6.45, 7) is 2.21. The lowest BCUT2D eigenvalue weighted by atomic mass is 9.77. The zero-order chi connectivity index (χ0) is 14.6. The summed E-state index contributed by atoms with van der Waals surface area (Å²) in [5, 5.41) is 12.6. The Bertz CT molecular complexity index is 451. The van der Waals surface area contributed by atoms with Crippen molar-refractivity contribution in [3.05, 3.63) is 24.0 Å². The number of pyridine rings is 1. The predicted molar refractivity (Wildman–Crippen MR) is 77.9 cm³/mol. The molecule has 0 aliphatic heterocycles. The zero-order valence-corrected chi connectivity index (χ0v) is 11.9. The van der Waals surface area contributed by atoms with Crippen LogP contribution in [-0.2, 0) is 11.2 Å². The Morgan fingerprint density at radius 2 is 2.20 bits per heavy atom. The van der Waals surface area contributed by atoms with Crippen molar-refractivity contribution in [3.8, 4) is 0 Å². The van der Waals surface area contributed by atoms with E-state index in [1.165, 1.54) is 0 Å². The quantitative estimate of drug-likeness (QED) is 0.773. The second kappa shape index (κ2) is 6.22. The van der Waals surface area contributed by atoms with Crippen LogP contribution < -0.4 is 11.1 Å². The van der Waals surface area contributed by atoms with Gasteiger partial charge in [-0.2, -0.15) is 0 Å². The van der Waals surface area contributed by atoms with E-state index >= 15 is 0 Å². The van der Waals surface area contributed by atoms with Gasteiger partial charge in [0.25, 0.3) is 0 Å². The van der Waals surface area contributed by atoms with E-state index in [1.54, 1.807) is 18.3 Å². The van der Waals surface area contributed by atoms with Crippen LogP contribution in [0.1, 0.15) is 38.3 Å². The highest BCUT2D eigenvalue weighted by molar-refractivity contribution is 5.79. The fourth-order valence-electron chi connectivity index (χ4n) is 2.68. The monoisotopic (exact) mass is 277 g/mol. The van der Waals surface area contributed by atoms with Gasteiger partial charge in [-0.05, 0) is 43.7 Å². The molecule has 0 atom stereocenters. The molecule has 0 bridgehead atoms. The van der Waals surface area contributed by atoms with Crippen molar-refractivity contribution in [2.75, 3.05) is 12.3 Å². The third kappa shape index (κ3) is 3.70. The van der Waals surface area contributed by atoms with Crippen LogP contribution in [-0.4, -0.2) is 28.1 Å². The summed E-state index contributed by atoms with van der Waals surface area (Å²) in [5.74, 6) is 0.580. The molecule has 0 radical (unpaired) electrons. The molecule has 0 aromatic carbocycles. The summed E-state index contributed by atoms with van der Waals surface area (Å²) in [6, 6.07) is 3.49. The number of nitrogens with one attached hydrogen (secondary N) is 1. The summed E-state index contributed by atoms with van der Waals surface area (Å²) >= 11 is 0. The van der Waals surface area contributed by atoms with Crippen LogP contribution in [0.3, 0.4) is 0 Å². The molecule has 110 valence electrons. The summed E-state index contributed by atoms with van der Waals surface area (Å²) in [4.78, 5) is 16.2. The summed E-state index contributed by atoms with van der Waals surface area (Å²) in [6.07, 6.45) is 5.53. The number of hydrogen-bond acceptors (Lipinski definition) is 4. The Balaban J connectivity index is 1.94. The average molecular weight is 277 g/mol. The van der Waals surface area contributed by atoms with Crippen LogP contribution in [0.2, 0.25) is 0 Å². The van der Waals surface area contributed by atoms with Crippen LogP contribution >= 0.6 is 0 Å². The van der Waals surface area contributed by atoms with Crippen molar-refractivity contribution in [3.63, 3.8) is 0 Å². The van der Waals surface area contributed by atoms with Gasteiger partial charge in [0.1, 0.15) is 0 Å². The number of nitrogens with two attached hydrogens (primary N) is 1. The second-order valence-electron chi connectivity index (χ2n) is 5.93. The average Bonchev–Trinajstić information content (AvgIpc) is 2.44. The Labute approximate surface area is 119 Å². The Morgan fingerprint density at radius 1 is 1.50 bits per heavy atom. The number of rotatable bonds is 4. The minimum Gasteiger partial charge on any atom is -0.397 e. The number of aromatic nitrogens is 1. The molecule has 5 nitrogen and oxygen atoms in total. The highest BCUT2D eigenvalue weighted by Crippen LogP contribution is 2.31. The number of hydrogen-bond donors (Lipinski definition) is 3. The first-order chi connectivity index (χ1) is 9.53. The topological polar surface area (TPSA) is 88.2 Å². The molecule has 1 saturated carbocycles. The summed E-state index contributed by atoms with van der Waals surface area (Å²) in [5.41, 5.74) is 6.39. The molecule has 4 N–H and O–H groups in total. The molecule has 1 aliphatic carbocycles. The van der Waals surface area contributed by atoms with Crippen molar-refractivity contribution in [2.24, 2.45) is 5.92 Å². The standard InChI is InChI=1S/C15H23N3O2/c1-11-4-6-15(10-19,7-5-11)18-14(20)8-13-3-2-12(16)9-17-13/h2-3,9,11,19H,4-8,10,16H2,1H3,(H,18,20). The van der Waals surface area contributed by atoms with Gasteiger partial charge in [-0.1, -0.05) is 6.92 Å².